The quantitative estimate of drug-likeness (QED) is 0.802. The van der Waals surface area contributed by atoms with Gasteiger partial charge in [-0.1, -0.05) is 6.07 Å². The summed E-state index contributed by atoms with van der Waals surface area (Å²) in [5, 5.41) is 2.96. The van der Waals surface area contributed by atoms with Gasteiger partial charge in [-0.15, -0.1) is 0 Å². The molecule has 0 radical (unpaired) electrons. The third-order valence-electron chi connectivity index (χ3n) is 2.11. The van der Waals surface area contributed by atoms with Gasteiger partial charge in [-0.05, 0) is 33.6 Å². The molecule has 0 aliphatic carbocycles. The molecule has 2 rings (SSSR count). The van der Waals surface area contributed by atoms with Gasteiger partial charge in [-0.3, -0.25) is 4.99 Å². The largest absolute Gasteiger partial charge is 0.370 e. The maximum Gasteiger partial charge on any atom is 0.189 e. The van der Waals surface area contributed by atoms with E-state index in [1.165, 1.54) is 6.07 Å². The monoisotopic (exact) mass is 257 g/mol. The first kappa shape index (κ1) is 9.45. The highest BCUT2D eigenvalue weighted by Crippen LogP contribution is 2.22. The number of hydrogen-bond donors (Lipinski definition) is 2. The molecule has 0 saturated carbocycles. The number of nitrogens with one attached hydrogen (secondary N) is 1. The highest BCUT2D eigenvalue weighted by Gasteiger charge is 2.17. The molecular formula is C9H9BrFN3. The van der Waals surface area contributed by atoms with Gasteiger partial charge in [-0.25, -0.2) is 4.39 Å². The summed E-state index contributed by atoms with van der Waals surface area (Å²) < 4.78 is 13.7. The summed E-state index contributed by atoms with van der Waals surface area (Å²) in [7, 11) is 0. The third-order valence-corrected chi connectivity index (χ3v) is 2.76. The summed E-state index contributed by atoms with van der Waals surface area (Å²) in [6.07, 6.45) is 0. The molecule has 1 aromatic carbocycles. The molecule has 0 saturated heterocycles. The zero-order valence-corrected chi connectivity index (χ0v) is 8.88. The van der Waals surface area contributed by atoms with E-state index in [9.17, 15) is 4.39 Å². The average Bonchev–Trinajstić information content (AvgIpc) is 2.57. The lowest BCUT2D eigenvalue weighted by Crippen LogP contribution is -2.29. The number of rotatable bonds is 1. The normalized spacial score (nSPS) is 20.4. The third kappa shape index (κ3) is 1.72. The van der Waals surface area contributed by atoms with Crippen molar-refractivity contribution in [3.05, 3.63) is 34.1 Å². The van der Waals surface area contributed by atoms with Crippen LogP contribution in [0.5, 0.6) is 0 Å². The maximum absolute atomic E-state index is 13.2. The second kappa shape index (κ2) is 3.57. The minimum atomic E-state index is -0.269. The lowest BCUT2D eigenvalue weighted by Gasteiger charge is -2.11. The molecular weight excluding hydrogens is 249 g/mol. The zero-order chi connectivity index (χ0) is 10.1. The summed E-state index contributed by atoms with van der Waals surface area (Å²) in [6.45, 7) is 0.562. The van der Waals surface area contributed by atoms with Crippen LogP contribution in [0.4, 0.5) is 4.39 Å². The van der Waals surface area contributed by atoms with Crippen molar-refractivity contribution in [3.63, 3.8) is 0 Å². The molecule has 1 aromatic rings. The van der Waals surface area contributed by atoms with Crippen LogP contribution in [-0.4, -0.2) is 12.5 Å². The second-order valence-corrected chi connectivity index (χ2v) is 3.95. The Bertz CT molecular complexity index is 392. The van der Waals surface area contributed by atoms with Crippen molar-refractivity contribution in [1.82, 2.24) is 5.32 Å². The summed E-state index contributed by atoms with van der Waals surface area (Å²) >= 11 is 3.10. The summed E-state index contributed by atoms with van der Waals surface area (Å²) in [6, 6.07) is 5.01. The lowest BCUT2D eigenvalue weighted by atomic mass is 10.1. The van der Waals surface area contributed by atoms with E-state index in [0.717, 1.165) is 5.56 Å². The molecule has 1 unspecified atom stereocenters. The molecule has 0 bridgehead atoms. The van der Waals surface area contributed by atoms with Crippen molar-refractivity contribution in [2.45, 2.75) is 6.04 Å². The van der Waals surface area contributed by atoms with Crippen molar-refractivity contribution >= 4 is 21.9 Å². The Morgan fingerprint density at radius 2 is 2.36 bits per heavy atom. The van der Waals surface area contributed by atoms with Gasteiger partial charge in [0, 0.05) is 0 Å². The van der Waals surface area contributed by atoms with E-state index in [1.54, 1.807) is 6.07 Å². The Kier molecular flexibility index (Phi) is 2.41. The predicted molar refractivity (Wildman–Crippen MR) is 56.5 cm³/mol. The van der Waals surface area contributed by atoms with Gasteiger partial charge in [0.1, 0.15) is 5.82 Å². The number of benzene rings is 1. The van der Waals surface area contributed by atoms with Gasteiger partial charge < -0.3 is 11.1 Å². The van der Waals surface area contributed by atoms with Crippen molar-refractivity contribution in [2.75, 3.05) is 6.54 Å². The number of guanidine groups is 1. The lowest BCUT2D eigenvalue weighted by molar-refractivity contribution is 0.611. The molecule has 5 heteroatoms. The second-order valence-electron chi connectivity index (χ2n) is 3.10. The van der Waals surface area contributed by atoms with Gasteiger partial charge in [0.2, 0.25) is 0 Å². The van der Waals surface area contributed by atoms with Crippen LogP contribution < -0.4 is 11.1 Å². The number of hydrogen-bond acceptors (Lipinski definition) is 3. The highest BCUT2D eigenvalue weighted by molar-refractivity contribution is 9.10. The standard InChI is InChI=1S/C9H9BrFN3/c10-6-2-1-5(3-7(6)11)8-4-13-9(12)14-8/h1-3,8H,4H2,(H3,12,13,14). The van der Waals surface area contributed by atoms with Crippen LogP contribution in [0.15, 0.2) is 27.7 Å². The molecule has 74 valence electrons. The number of nitrogens with two attached hydrogens (primary N) is 1. The Hall–Kier alpha value is -1.10. The van der Waals surface area contributed by atoms with Gasteiger partial charge in [0.05, 0.1) is 17.1 Å². The van der Waals surface area contributed by atoms with Crippen LogP contribution in [0.25, 0.3) is 0 Å². The topological polar surface area (TPSA) is 50.4 Å². The van der Waals surface area contributed by atoms with Gasteiger partial charge in [0.15, 0.2) is 5.96 Å². The Morgan fingerprint density at radius 1 is 1.57 bits per heavy atom. The van der Waals surface area contributed by atoms with Crippen LogP contribution in [0.2, 0.25) is 0 Å². The van der Waals surface area contributed by atoms with E-state index in [2.05, 4.69) is 26.2 Å². The van der Waals surface area contributed by atoms with Crippen LogP contribution in [-0.2, 0) is 0 Å². The molecule has 0 fully saturated rings. The van der Waals surface area contributed by atoms with Crippen molar-refractivity contribution in [3.8, 4) is 0 Å². The maximum atomic E-state index is 13.2. The fourth-order valence-electron chi connectivity index (χ4n) is 1.38. The van der Waals surface area contributed by atoms with E-state index < -0.39 is 0 Å². The van der Waals surface area contributed by atoms with E-state index in [1.807, 2.05) is 6.07 Å². The highest BCUT2D eigenvalue weighted by atomic mass is 79.9. The van der Waals surface area contributed by atoms with Crippen molar-refractivity contribution in [2.24, 2.45) is 10.7 Å². The molecule has 0 spiro atoms. The van der Waals surface area contributed by atoms with E-state index >= 15 is 0 Å². The number of nitrogens with zero attached hydrogens (tertiary/aromatic N) is 1. The zero-order valence-electron chi connectivity index (χ0n) is 7.30. The SMILES string of the molecule is NC1=NCC(c2ccc(Br)c(F)c2)N1. The summed E-state index contributed by atoms with van der Waals surface area (Å²) in [5.41, 5.74) is 6.32. The Labute approximate surface area is 89.3 Å². The van der Waals surface area contributed by atoms with E-state index in [-0.39, 0.29) is 11.9 Å². The molecule has 14 heavy (non-hydrogen) atoms. The van der Waals surface area contributed by atoms with Gasteiger partial charge in [0.25, 0.3) is 0 Å². The van der Waals surface area contributed by atoms with Gasteiger partial charge >= 0.3 is 0 Å². The first-order valence-electron chi connectivity index (χ1n) is 4.18. The summed E-state index contributed by atoms with van der Waals surface area (Å²) in [4.78, 5) is 4.00. The average molecular weight is 258 g/mol. The molecule has 1 aliphatic heterocycles. The fourth-order valence-corrected chi connectivity index (χ4v) is 1.62. The van der Waals surface area contributed by atoms with Crippen LogP contribution in [0.3, 0.4) is 0 Å². The van der Waals surface area contributed by atoms with Crippen LogP contribution >= 0.6 is 15.9 Å². The van der Waals surface area contributed by atoms with Gasteiger partial charge in [-0.2, -0.15) is 0 Å². The summed E-state index contributed by atoms with van der Waals surface area (Å²) in [5.74, 6) is 0.146. The Balaban J connectivity index is 2.22. The number of aliphatic imine (C=N–C) groups is 1. The van der Waals surface area contributed by atoms with E-state index in [0.29, 0.717) is 17.0 Å². The molecule has 3 nitrogen and oxygen atoms in total. The van der Waals surface area contributed by atoms with Crippen molar-refractivity contribution < 1.29 is 4.39 Å². The first-order chi connectivity index (χ1) is 6.66. The van der Waals surface area contributed by atoms with Crippen LogP contribution in [0, 0.1) is 5.82 Å². The molecule has 1 aliphatic rings. The molecule has 3 N–H and O–H groups in total. The first-order valence-corrected chi connectivity index (χ1v) is 4.97. The molecule has 1 heterocycles. The molecule has 1 atom stereocenters. The Morgan fingerprint density at radius 3 is 2.93 bits per heavy atom. The minimum absolute atomic E-state index is 0.00222. The molecule has 0 amide bonds. The van der Waals surface area contributed by atoms with Crippen LogP contribution in [0.1, 0.15) is 11.6 Å². The number of halogens is 2. The minimum Gasteiger partial charge on any atom is -0.370 e. The predicted octanol–water partition coefficient (Wildman–Crippen LogP) is 1.55. The van der Waals surface area contributed by atoms with Crippen molar-refractivity contribution in [1.29, 1.82) is 0 Å². The fraction of sp³-hybridized carbons (Fsp3) is 0.222. The molecule has 0 aromatic heterocycles. The smallest absolute Gasteiger partial charge is 0.189 e. The van der Waals surface area contributed by atoms with E-state index in [4.69, 9.17) is 5.73 Å².